The van der Waals surface area contributed by atoms with E-state index >= 15 is 0 Å². The van der Waals surface area contributed by atoms with Crippen LogP contribution in [0.1, 0.15) is 32.7 Å². The van der Waals surface area contributed by atoms with E-state index in [1.165, 1.54) is 27.9 Å². The topological polar surface area (TPSA) is 52.2 Å². The molecule has 4 rings (SSSR count). The molecule has 0 aliphatic carbocycles. The van der Waals surface area contributed by atoms with Gasteiger partial charge in [0, 0.05) is 37.4 Å². The summed E-state index contributed by atoms with van der Waals surface area (Å²) in [6, 6.07) is 14.5. The number of hydrogen-bond donors (Lipinski definition) is 1. The van der Waals surface area contributed by atoms with Crippen LogP contribution < -0.4 is 4.90 Å². The van der Waals surface area contributed by atoms with Crippen molar-refractivity contribution in [1.29, 1.82) is 0 Å². The van der Waals surface area contributed by atoms with E-state index in [-0.39, 0.29) is 5.91 Å². The molecule has 5 nitrogen and oxygen atoms in total. The molecule has 5 heteroatoms. The number of benzene rings is 2. The first-order valence-corrected chi connectivity index (χ1v) is 10.2. The van der Waals surface area contributed by atoms with Gasteiger partial charge < -0.3 is 9.80 Å². The van der Waals surface area contributed by atoms with Crippen LogP contribution in [0.25, 0.3) is 11.3 Å². The van der Waals surface area contributed by atoms with Gasteiger partial charge in [0.05, 0.1) is 5.69 Å². The van der Waals surface area contributed by atoms with Gasteiger partial charge in [-0.1, -0.05) is 24.3 Å². The summed E-state index contributed by atoms with van der Waals surface area (Å²) in [7, 11) is 0. The zero-order chi connectivity index (χ0) is 20.5. The normalized spacial score (nSPS) is 14.3. The molecule has 2 aromatic carbocycles. The first-order valence-electron chi connectivity index (χ1n) is 10.2. The maximum absolute atomic E-state index is 13.0. The van der Waals surface area contributed by atoms with E-state index in [1.807, 2.05) is 11.0 Å². The first kappa shape index (κ1) is 19.2. The van der Waals surface area contributed by atoms with E-state index in [9.17, 15) is 4.79 Å². The molecular weight excluding hydrogens is 360 g/mol. The number of aromatic nitrogens is 2. The van der Waals surface area contributed by atoms with Gasteiger partial charge in [-0.15, -0.1) is 0 Å². The first-order chi connectivity index (χ1) is 13.9. The average molecular weight is 389 g/mol. The minimum absolute atomic E-state index is 0.0215. The van der Waals surface area contributed by atoms with Crippen molar-refractivity contribution in [2.24, 2.45) is 0 Å². The van der Waals surface area contributed by atoms with Crippen molar-refractivity contribution in [1.82, 2.24) is 15.1 Å². The summed E-state index contributed by atoms with van der Waals surface area (Å²) in [5.41, 5.74) is 8.77. The summed E-state index contributed by atoms with van der Waals surface area (Å²) < 4.78 is 0. The standard InChI is InChI=1S/C24H28N4O/c1-16-8-9-20(14-18(16)3)21-15-22(26-25-21)24(29)28-12-10-27(11-13-28)23-7-5-6-17(2)19(23)4/h5-9,14-15H,10-13H2,1-4H3,(H,25,26). The Balaban J connectivity index is 1.44. The molecule has 1 amide bonds. The molecule has 3 aromatic rings. The highest BCUT2D eigenvalue weighted by Gasteiger charge is 2.24. The van der Waals surface area contributed by atoms with Crippen LogP contribution in [-0.2, 0) is 0 Å². The Kier molecular flexibility index (Phi) is 5.14. The highest BCUT2D eigenvalue weighted by molar-refractivity contribution is 5.93. The molecule has 1 N–H and O–H groups in total. The minimum atomic E-state index is 0.0215. The highest BCUT2D eigenvalue weighted by atomic mass is 16.2. The highest BCUT2D eigenvalue weighted by Crippen LogP contribution is 2.25. The number of nitrogens with one attached hydrogen (secondary N) is 1. The summed E-state index contributed by atoms with van der Waals surface area (Å²) in [6.45, 7) is 11.6. The van der Waals surface area contributed by atoms with Gasteiger partial charge in [0.1, 0.15) is 5.69 Å². The quantitative estimate of drug-likeness (QED) is 0.729. The Morgan fingerprint density at radius 2 is 1.66 bits per heavy atom. The predicted molar refractivity (Wildman–Crippen MR) is 118 cm³/mol. The van der Waals surface area contributed by atoms with Crippen molar-refractivity contribution in [3.63, 3.8) is 0 Å². The molecule has 0 spiro atoms. The lowest BCUT2D eigenvalue weighted by Gasteiger charge is -2.36. The number of aryl methyl sites for hydroxylation is 3. The van der Waals surface area contributed by atoms with E-state index in [0.717, 1.165) is 24.3 Å². The Morgan fingerprint density at radius 1 is 0.897 bits per heavy atom. The average Bonchev–Trinajstić information content (AvgIpc) is 3.22. The summed E-state index contributed by atoms with van der Waals surface area (Å²) in [5, 5.41) is 7.31. The molecule has 0 unspecified atom stereocenters. The Labute approximate surface area is 172 Å². The lowest BCUT2D eigenvalue weighted by molar-refractivity contribution is 0.0741. The fourth-order valence-corrected chi connectivity index (χ4v) is 3.88. The van der Waals surface area contributed by atoms with Gasteiger partial charge in [-0.05, 0) is 68.1 Å². The van der Waals surface area contributed by atoms with E-state index < -0.39 is 0 Å². The molecule has 1 aromatic heterocycles. The molecule has 0 saturated carbocycles. The molecule has 0 radical (unpaired) electrons. The summed E-state index contributed by atoms with van der Waals surface area (Å²) in [5.74, 6) is 0.0215. The number of amides is 1. The molecule has 1 fully saturated rings. The summed E-state index contributed by atoms with van der Waals surface area (Å²) in [6.07, 6.45) is 0. The van der Waals surface area contributed by atoms with Gasteiger partial charge in [0.2, 0.25) is 0 Å². The molecule has 1 saturated heterocycles. The van der Waals surface area contributed by atoms with Crippen molar-refractivity contribution >= 4 is 11.6 Å². The van der Waals surface area contributed by atoms with E-state index in [0.29, 0.717) is 18.8 Å². The zero-order valence-corrected chi connectivity index (χ0v) is 17.6. The Hall–Kier alpha value is -3.08. The van der Waals surface area contributed by atoms with E-state index in [4.69, 9.17) is 0 Å². The molecular formula is C24H28N4O. The van der Waals surface area contributed by atoms with Gasteiger partial charge >= 0.3 is 0 Å². The van der Waals surface area contributed by atoms with Crippen LogP contribution >= 0.6 is 0 Å². The van der Waals surface area contributed by atoms with Gasteiger partial charge in [-0.2, -0.15) is 5.10 Å². The van der Waals surface area contributed by atoms with Crippen molar-refractivity contribution in [2.45, 2.75) is 27.7 Å². The van der Waals surface area contributed by atoms with Crippen LogP contribution in [0.5, 0.6) is 0 Å². The second-order valence-corrected chi connectivity index (χ2v) is 7.96. The van der Waals surface area contributed by atoms with Crippen LogP contribution in [0, 0.1) is 27.7 Å². The van der Waals surface area contributed by atoms with Crippen LogP contribution in [0.2, 0.25) is 0 Å². The maximum Gasteiger partial charge on any atom is 0.272 e. The van der Waals surface area contributed by atoms with Crippen LogP contribution in [0.3, 0.4) is 0 Å². The molecule has 1 aliphatic rings. The minimum Gasteiger partial charge on any atom is -0.368 e. The molecule has 29 heavy (non-hydrogen) atoms. The van der Waals surface area contributed by atoms with Crippen LogP contribution in [0.4, 0.5) is 5.69 Å². The van der Waals surface area contributed by atoms with Gasteiger partial charge in [-0.25, -0.2) is 0 Å². The molecule has 0 atom stereocenters. The van der Waals surface area contributed by atoms with Gasteiger partial charge in [0.15, 0.2) is 0 Å². The number of rotatable bonds is 3. The number of H-pyrrole nitrogens is 1. The number of carbonyl (C=O) groups excluding carboxylic acids is 1. The summed E-state index contributed by atoms with van der Waals surface area (Å²) >= 11 is 0. The molecule has 0 bridgehead atoms. The Morgan fingerprint density at radius 3 is 2.38 bits per heavy atom. The molecule has 2 heterocycles. The fraction of sp³-hybridized carbons (Fsp3) is 0.333. The van der Waals surface area contributed by atoms with Crippen molar-refractivity contribution in [2.75, 3.05) is 31.1 Å². The van der Waals surface area contributed by atoms with Gasteiger partial charge in [0.25, 0.3) is 5.91 Å². The van der Waals surface area contributed by atoms with Crippen molar-refractivity contribution in [3.8, 4) is 11.3 Å². The number of piperazine rings is 1. The maximum atomic E-state index is 13.0. The number of aromatic amines is 1. The smallest absolute Gasteiger partial charge is 0.272 e. The van der Waals surface area contributed by atoms with E-state index in [1.54, 1.807) is 0 Å². The monoisotopic (exact) mass is 388 g/mol. The number of hydrogen-bond acceptors (Lipinski definition) is 3. The largest absolute Gasteiger partial charge is 0.368 e. The Bertz CT molecular complexity index is 1040. The third-order valence-corrected chi connectivity index (χ3v) is 6.09. The second kappa shape index (κ2) is 7.74. The SMILES string of the molecule is Cc1ccc(-c2cc(C(=O)N3CCN(c4cccc(C)c4C)CC3)[nH]n2)cc1C. The molecule has 150 valence electrons. The zero-order valence-electron chi connectivity index (χ0n) is 17.6. The third-order valence-electron chi connectivity index (χ3n) is 6.09. The van der Waals surface area contributed by atoms with Crippen molar-refractivity contribution in [3.05, 3.63) is 70.4 Å². The predicted octanol–water partition coefficient (Wildman–Crippen LogP) is 4.27. The number of carbonyl (C=O) groups is 1. The lowest BCUT2D eigenvalue weighted by Crippen LogP contribution is -2.49. The number of nitrogens with zero attached hydrogens (tertiary/aromatic N) is 3. The fourth-order valence-electron chi connectivity index (χ4n) is 3.88. The third kappa shape index (κ3) is 3.77. The summed E-state index contributed by atoms with van der Waals surface area (Å²) in [4.78, 5) is 17.3. The number of anilines is 1. The van der Waals surface area contributed by atoms with Crippen molar-refractivity contribution < 1.29 is 4.79 Å². The van der Waals surface area contributed by atoms with Crippen LogP contribution in [0.15, 0.2) is 42.5 Å². The van der Waals surface area contributed by atoms with Gasteiger partial charge in [-0.3, -0.25) is 9.89 Å². The second-order valence-electron chi connectivity index (χ2n) is 7.96. The van der Waals surface area contributed by atoms with Crippen LogP contribution in [-0.4, -0.2) is 47.2 Å². The molecule has 1 aliphatic heterocycles. The van der Waals surface area contributed by atoms with E-state index in [2.05, 4.69) is 79.2 Å². The lowest BCUT2D eigenvalue weighted by atomic mass is 10.0.